The molecular weight excluding hydrogens is 394 g/mol. The van der Waals surface area contributed by atoms with Crippen molar-refractivity contribution >= 4 is 29.7 Å². The Morgan fingerprint density at radius 2 is 2.11 bits per heavy atom. The number of carbonyl (C=O) groups is 1. The SMILES string of the molecule is CCCO[C@@H]1CC[C@H](C(=O)NCCc2nc(-c3ccccc3)cs2)C[C@H]1N.Cl. The molecule has 0 saturated heterocycles. The third-order valence-corrected chi connectivity index (χ3v) is 5.91. The lowest BCUT2D eigenvalue weighted by molar-refractivity contribution is -0.127. The number of carbonyl (C=O) groups excluding carboxylic acids is 1. The number of thiazole rings is 1. The molecule has 1 aromatic carbocycles. The van der Waals surface area contributed by atoms with Crippen LogP contribution in [0, 0.1) is 5.92 Å². The van der Waals surface area contributed by atoms with Gasteiger partial charge in [-0.25, -0.2) is 4.98 Å². The molecule has 1 fully saturated rings. The van der Waals surface area contributed by atoms with Gasteiger partial charge in [-0.05, 0) is 25.7 Å². The number of nitrogens with one attached hydrogen (secondary N) is 1. The molecule has 0 bridgehead atoms. The molecule has 1 aliphatic rings. The lowest BCUT2D eigenvalue weighted by atomic mass is 9.83. The molecule has 5 nitrogen and oxygen atoms in total. The van der Waals surface area contributed by atoms with E-state index in [0.29, 0.717) is 13.0 Å². The number of hydrogen-bond acceptors (Lipinski definition) is 5. The molecule has 3 N–H and O–H groups in total. The molecule has 1 amide bonds. The van der Waals surface area contributed by atoms with E-state index in [1.165, 1.54) is 0 Å². The summed E-state index contributed by atoms with van der Waals surface area (Å²) in [6.07, 6.45) is 4.27. The predicted molar refractivity (Wildman–Crippen MR) is 117 cm³/mol. The molecule has 7 heteroatoms. The number of aromatic nitrogens is 1. The number of benzene rings is 1. The van der Waals surface area contributed by atoms with Crippen molar-refractivity contribution < 1.29 is 9.53 Å². The molecule has 1 heterocycles. The van der Waals surface area contributed by atoms with E-state index in [0.717, 1.165) is 48.6 Å². The first-order valence-corrected chi connectivity index (χ1v) is 10.7. The lowest BCUT2D eigenvalue weighted by Crippen LogP contribution is -2.46. The monoisotopic (exact) mass is 423 g/mol. The lowest BCUT2D eigenvalue weighted by Gasteiger charge is -2.33. The predicted octanol–water partition coefficient (Wildman–Crippen LogP) is 3.81. The number of nitrogens with zero attached hydrogens (tertiary/aromatic N) is 1. The minimum atomic E-state index is -0.0477. The first-order valence-electron chi connectivity index (χ1n) is 9.82. The number of halogens is 1. The van der Waals surface area contributed by atoms with Gasteiger partial charge in [-0.1, -0.05) is 37.3 Å². The molecule has 3 atom stereocenters. The fourth-order valence-electron chi connectivity index (χ4n) is 3.50. The van der Waals surface area contributed by atoms with E-state index in [2.05, 4.69) is 34.7 Å². The maximum Gasteiger partial charge on any atom is 0.223 e. The fourth-order valence-corrected chi connectivity index (χ4v) is 4.30. The summed E-state index contributed by atoms with van der Waals surface area (Å²) in [5, 5.41) is 6.18. The first kappa shape index (κ1) is 22.8. The van der Waals surface area contributed by atoms with Crippen molar-refractivity contribution in [3.05, 3.63) is 40.7 Å². The van der Waals surface area contributed by atoms with Gasteiger partial charge in [-0.2, -0.15) is 0 Å². The molecule has 0 aliphatic heterocycles. The van der Waals surface area contributed by atoms with Crippen LogP contribution in [0.1, 0.15) is 37.6 Å². The summed E-state index contributed by atoms with van der Waals surface area (Å²) in [7, 11) is 0. The maximum absolute atomic E-state index is 12.5. The van der Waals surface area contributed by atoms with Crippen molar-refractivity contribution in [3.63, 3.8) is 0 Å². The van der Waals surface area contributed by atoms with Gasteiger partial charge in [0.25, 0.3) is 0 Å². The van der Waals surface area contributed by atoms with Crippen molar-refractivity contribution in [2.45, 2.75) is 51.2 Å². The zero-order valence-electron chi connectivity index (χ0n) is 16.3. The van der Waals surface area contributed by atoms with E-state index < -0.39 is 0 Å². The van der Waals surface area contributed by atoms with Crippen LogP contribution in [-0.4, -0.2) is 36.2 Å². The van der Waals surface area contributed by atoms with Crippen LogP contribution in [0.4, 0.5) is 0 Å². The molecule has 1 aliphatic carbocycles. The summed E-state index contributed by atoms with van der Waals surface area (Å²) in [6, 6.07) is 10.1. The summed E-state index contributed by atoms with van der Waals surface area (Å²) >= 11 is 1.64. The van der Waals surface area contributed by atoms with Crippen molar-refractivity contribution in [3.8, 4) is 11.3 Å². The van der Waals surface area contributed by atoms with Crippen molar-refractivity contribution in [2.75, 3.05) is 13.2 Å². The fraction of sp³-hybridized carbons (Fsp3) is 0.524. The highest BCUT2D eigenvalue weighted by Crippen LogP contribution is 2.26. The second-order valence-corrected chi connectivity index (χ2v) is 8.06. The summed E-state index contributed by atoms with van der Waals surface area (Å²) < 4.78 is 5.79. The number of ether oxygens (including phenoxy) is 1. The highest BCUT2D eigenvalue weighted by Gasteiger charge is 2.32. The largest absolute Gasteiger partial charge is 0.377 e. The number of amides is 1. The van der Waals surface area contributed by atoms with E-state index in [4.69, 9.17) is 10.5 Å². The van der Waals surface area contributed by atoms with E-state index in [1.54, 1.807) is 11.3 Å². The van der Waals surface area contributed by atoms with Gasteiger partial charge < -0.3 is 15.8 Å². The molecule has 2 aromatic rings. The van der Waals surface area contributed by atoms with Crippen LogP contribution in [0.15, 0.2) is 35.7 Å². The van der Waals surface area contributed by atoms with Gasteiger partial charge in [0.05, 0.1) is 16.8 Å². The van der Waals surface area contributed by atoms with Gasteiger partial charge in [0.15, 0.2) is 0 Å². The Balaban J connectivity index is 0.00000280. The minimum absolute atomic E-state index is 0. The Kier molecular flexibility index (Phi) is 9.38. The normalized spacial score (nSPS) is 21.7. The number of nitrogens with two attached hydrogens (primary N) is 1. The van der Waals surface area contributed by atoms with Crippen LogP contribution in [-0.2, 0) is 16.0 Å². The van der Waals surface area contributed by atoms with Gasteiger partial charge in [0, 0.05) is 42.5 Å². The molecule has 0 radical (unpaired) electrons. The van der Waals surface area contributed by atoms with Crippen molar-refractivity contribution in [1.29, 1.82) is 0 Å². The smallest absolute Gasteiger partial charge is 0.223 e. The highest BCUT2D eigenvalue weighted by molar-refractivity contribution is 7.09. The van der Waals surface area contributed by atoms with Crippen LogP contribution < -0.4 is 11.1 Å². The highest BCUT2D eigenvalue weighted by atomic mass is 35.5. The maximum atomic E-state index is 12.5. The average Bonchev–Trinajstić information content (AvgIpc) is 3.16. The van der Waals surface area contributed by atoms with Crippen LogP contribution >= 0.6 is 23.7 Å². The first-order chi connectivity index (χ1) is 13.2. The van der Waals surface area contributed by atoms with Crippen LogP contribution in [0.5, 0.6) is 0 Å². The van der Waals surface area contributed by atoms with E-state index in [1.807, 2.05) is 18.2 Å². The summed E-state index contributed by atoms with van der Waals surface area (Å²) in [6.45, 7) is 3.45. The quantitative estimate of drug-likeness (QED) is 0.676. The van der Waals surface area contributed by atoms with Gasteiger partial charge in [-0.3, -0.25) is 4.79 Å². The summed E-state index contributed by atoms with van der Waals surface area (Å²) in [5.41, 5.74) is 8.34. The van der Waals surface area contributed by atoms with Crippen LogP contribution in [0.25, 0.3) is 11.3 Å². The molecular formula is C21H30ClN3O2S. The number of hydrogen-bond donors (Lipinski definition) is 2. The van der Waals surface area contributed by atoms with Crippen LogP contribution in [0.2, 0.25) is 0 Å². The molecule has 0 unspecified atom stereocenters. The molecule has 1 aromatic heterocycles. The van der Waals surface area contributed by atoms with Gasteiger partial charge in [-0.15, -0.1) is 23.7 Å². The Morgan fingerprint density at radius 1 is 1.32 bits per heavy atom. The Bertz CT molecular complexity index is 725. The van der Waals surface area contributed by atoms with Gasteiger partial charge in [0.1, 0.15) is 0 Å². The third kappa shape index (κ3) is 6.27. The Hall–Kier alpha value is -1.47. The second kappa shape index (κ2) is 11.5. The van der Waals surface area contributed by atoms with E-state index >= 15 is 0 Å². The number of rotatable bonds is 8. The Morgan fingerprint density at radius 3 is 2.82 bits per heavy atom. The molecule has 0 spiro atoms. The molecule has 28 heavy (non-hydrogen) atoms. The Labute approximate surface area is 177 Å². The van der Waals surface area contributed by atoms with Gasteiger partial charge >= 0.3 is 0 Å². The third-order valence-electron chi connectivity index (χ3n) is 5.00. The van der Waals surface area contributed by atoms with Gasteiger partial charge in [0.2, 0.25) is 5.91 Å². The van der Waals surface area contributed by atoms with E-state index in [9.17, 15) is 4.79 Å². The average molecular weight is 424 g/mol. The molecule has 3 rings (SSSR count). The summed E-state index contributed by atoms with van der Waals surface area (Å²) in [4.78, 5) is 17.1. The minimum Gasteiger partial charge on any atom is -0.377 e. The zero-order valence-corrected chi connectivity index (χ0v) is 17.9. The molecule has 154 valence electrons. The summed E-state index contributed by atoms with van der Waals surface area (Å²) in [5.74, 6) is 0.108. The van der Waals surface area contributed by atoms with Crippen molar-refractivity contribution in [1.82, 2.24) is 10.3 Å². The zero-order chi connectivity index (χ0) is 19.1. The van der Waals surface area contributed by atoms with Crippen LogP contribution in [0.3, 0.4) is 0 Å². The van der Waals surface area contributed by atoms with E-state index in [-0.39, 0.29) is 36.4 Å². The molecule has 1 saturated carbocycles. The topological polar surface area (TPSA) is 77.2 Å². The van der Waals surface area contributed by atoms with Crippen molar-refractivity contribution in [2.24, 2.45) is 11.7 Å². The standard InChI is InChI=1S/C21H29N3O2S.ClH/c1-2-12-26-19-9-8-16(13-17(19)22)21(25)23-11-10-20-24-18(14-27-20)15-6-4-3-5-7-15;/h3-7,14,16-17,19H,2,8-13,22H2,1H3,(H,23,25);1H/t16-,17+,19+;/m0./s1. The second-order valence-electron chi connectivity index (χ2n) is 7.12.